The van der Waals surface area contributed by atoms with Gasteiger partial charge in [0.2, 0.25) is 0 Å². The van der Waals surface area contributed by atoms with Crippen LogP contribution in [0.5, 0.6) is 0 Å². The number of rotatable bonds is 3. The molecule has 1 atom stereocenters. The van der Waals surface area contributed by atoms with E-state index in [1.807, 2.05) is 11.4 Å². The van der Waals surface area contributed by atoms with Gasteiger partial charge in [-0.2, -0.15) is 0 Å². The summed E-state index contributed by atoms with van der Waals surface area (Å²) in [6.07, 6.45) is 0.453. The maximum atomic E-state index is 13.7. The van der Waals surface area contributed by atoms with Gasteiger partial charge in [-0.25, -0.2) is 8.78 Å². The summed E-state index contributed by atoms with van der Waals surface area (Å²) in [5.41, 5.74) is 6.04. The summed E-state index contributed by atoms with van der Waals surface area (Å²) in [6.45, 7) is 0. The van der Waals surface area contributed by atoms with Crippen LogP contribution in [-0.2, 0) is 6.42 Å². The number of benzene rings is 1. The zero-order valence-corrected chi connectivity index (χ0v) is 12.2. The molecule has 0 aliphatic carbocycles. The molecule has 18 heavy (non-hydrogen) atoms. The van der Waals surface area contributed by atoms with Crippen molar-refractivity contribution < 1.29 is 8.78 Å². The van der Waals surface area contributed by atoms with Crippen LogP contribution in [0.25, 0.3) is 0 Å². The fourth-order valence-corrected chi connectivity index (χ4v) is 3.27. The van der Waals surface area contributed by atoms with Gasteiger partial charge in [0.15, 0.2) is 0 Å². The van der Waals surface area contributed by atoms with E-state index in [1.165, 1.54) is 11.3 Å². The molecule has 2 rings (SSSR count). The first-order valence-electron chi connectivity index (χ1n) is 5.10. The Morgan fingerprint density at radius 2 is 2.00 bits per heavy atom. The molecule has 0 saturated heterocycles. The van der Waals surface area contributed by atoms with Crippen LogP contribution in [0.4, 0.5) is 8.78 Å². The van der Waals surface area contributed by atoms with Gasteiger partial charge in [0.25, 0.3) is 0 Å². The summed E-state index contributed by atoms with van der Waals surface area (Å²) < 4.78 is 27.9. The highest BCUT2D eigenvalue weighted by Gasteiger charge is 2.16. The van der Waals surface area contributed by atoms with Crippen LogP contribution in [0.1, 0.15) is 16.5 Å². The van der Waals surface area contributed by atoms with Crippen molar-refractivity contribution in [2.45, 2.75) is 12.5 Å². The molecule has 1 aromatic carbocycles. The van der Waals surface area contributed by atoms with Gasteiger partial charge in [-0.05, 0) is 34.1 Å². The van der Waals surface area contributed by atoms with E-state index < -0.39 is 17.7 Å². The maximum Gasteiger partial charge on any atom is 0.142 e. The lowest BCUT2D eigenvalue weighted by Crippen LogP contribution is -2.15. The fourth-order valence-electron chi connectivity index (χ4n) is 1.61. The van der Waals surface area contributed by atoms with Gasteiger partial charge in [-0.15, -0.1) is 11.3 Å². The number of halogens is 4. The number of hydrogen-bond donors (Lipinski definition) is 1. The Kier molecular flexibility index (Phi) is 4.37. The minimum Gasteiger partial charge on any atom is -0.324 e. The molecular weight excluding hydrogens is 344 g/mol. The van der Waals surface area contributed by atoms with Gasteiger partial charge in [-0.1, -0.05) is 11.6 Å². The molecule has 0 amide bonds. The van der Waals surface area contributed by atoms with Gasteiger partial charge >= 0.3 is 0 Å². The number of thiophene rings is 1. The average Bonchev–Trinajstić information content (AvgIpc) is 2.69. The zero-order chi connectivity index (χ0) is 13.3. The summed E-state index contributed by atoms with van der Waals surface area (Å²) >= 11 is 10.3. The molecule has 0 saturated carbocycles. The van der Waals surface area contributed by atoms with E-state index in [9.17, 15) is 8.78 Å². The quantitative estimate of drug-likeness (QED) is 0.797. The van der Waals surface area contributed by atoms with Crippen molar-refractivity contribution in [3.63, 3.8) is 0 Å². The molecule has 0 bridgehead atoms. The third kappa shape index (κ3) is 3.09. The van der Waals surface area contributed by atoms with E-state index in [4.69, 9.17) is 17.3 Å². The van der Waals surface area contributed by atoms with E-state index in [0.29, 0.717) is 6.42 Å². The van der Waals surface area contributed by atoms with Crippen LogP contribution in [0, 0.1) is 11.6 Å². The van der Waals surface area contributed by atoms with Crippen LogP contribution >= 0.6 is 38.9 Å². The van der Waals surface area contributed by atoms with Gasteiger partial charge < -0.3 is 5.73 Å². The Hall–Kier alpha value is -0.490. The van der Waals surface area contributed by atoms with E-state index in [2.05, 4.69) is 15.9 Å². The van der Waals surface area contributed by atoms with Crippen LogP contribution < -0.4 is 5.73 Å². The predicted octanol–water partition coefficient (Wildman–Crippen LogP) is 4.68. The van der Waals surface area contributed by atoms with Crippen molar-refractivity contribution in [2.24, 2.45) is 5.73 Å². The lowest BCUT2D eigenvalue weighted by Gasteiger charge is -2.12. The summed E-state index contributed by atoms with van der Waals surface area (Å²) in [4.78, 5) is 1.00. The third-order valence-electron chi connectivity index (χ3n) is 2.48. The molecule has 1 aromatic heterocycles. The standard InChI is InChI=1S/C12H9BrClF2NS/c13-6-1-7(18-5-6)2-12(17)8-3-11(16)9(14)4-10(8)15/h1,3-5,12H,2,17H2. The molecular formula is C12H9BrClF2NS. The molecule has 6 heteroatoms. The first-order chi connectivity index (χ1) is 8.47. The molecule has 1 nitrogen and oxygen atoms in total. The highest BCUT2D eigenvalue weighted by Crippen LogP contribution is 2.27. The highest BCUT2D eigenvalue weighted by molar-refractivity contribution is 9.10. The Morgan fingerprint density at radius 1 is 1.28 bits per heavy atom. The second kappa shape index (κ2) is 5.65. The second-order valence-electron chi connectivity index (χ2n) is 3.83. The van der Waals surface area contributed by atoms with Crippen molar-refractivity contribution in [1.29, 1.82) is 0 Å². The van der Waals surface area contributed by atoms with Crippen molar-refractivity contribution >= 4 is 38.9 Å². The Morgan fingerprint density at radius 3 is 2.61 bits per heavy atom. The van der Waals surface area contributed by atoms with Crippen molar-refractivity contribution in [1.82, 2.24) is 0 Å². The van der Waals surface area contributed by atoms with Crippen molar-refractivity contribution in [2.75, 3.05) is 0 Å². The molecule has 1 heterocycles. The minimum atomic E-state index is -0.657. The first-order valence-corrected chi connectivity index (χ1v) is 7.15. The average molecular weight is 353 g/mol. The normalized spacial score (nSPS) is 12.7. The summed E-state index contributed by atoms with van der Waals surface area (Å²) in [6, 6.07) is 3.33. The van der Waals surface area contributed by atoms with Gasteiger partial charge in [-0.3, -0.25) is 0 Å². The first kappa shape index (κ1) is 13.9. The SMILES string of the molecule is NC(Cc1cc(Br)cs1)c1cc(F)c(Cl)cc1F. The molecule has 0 radical (unpaired) electrons. The second-order valence-corrected chi connectivity index (χ2v) is 6.15. The minimum absolute atomic E-state index is 0.140. The highest BCUT2D eigenvalue weighted by atomic mass is 79.9. The van der Waals surface area contributed by atoms with Crippen LogP contribution in [0.2, 0.25) is 5.02 Å². The van der Waals surface area contributed by atoms with Gasteiger partial charge in [0.1, 0.15) is 11.6 Å². The number of nitrogens with two attached hydrogens (primary N) is 1. The maximum absolute atomic E-state index is 13.7. The molecule has 1 unspecified atom stereocenters. The van der Waals surface area contributed by atoms with Crippen molar-refractivity contribution in [3.05, 3.63) is 55.1 Å². The topological polar surface area (TPSA) is 26.0 Å². The summed E-state index contributed by atoms with van der Waals surface area (Å²) in [5, 5.41) is 1.68. The molecule has 0 fully saturated rings. The predicted molar refractivity (Wildman–Crippen MR) is 74.0 cm³/mol. The Bertz CT molecular complexity index is 573. The molecule has 96 valence electrons. The lowest BCUT2D eigenvalue weighted by molar-refractivity contribution is 0.562. The monoisotopic (exact) mass is 351 g/mol. The van der Waals surface area contributed by atoms with Crippen LogP contribution in [0.3, 0.4) is 0 Å². The zero-order valence-electron chi connectivity index (χ0n) is 9.09. The van der Waals surface area contributed by atoms with E-state index in [0.717, 1.165) is 21.5 Å². The van der Waals surface area contributed by atoms with E-state index >= 15 is 0 Å². The molecule has 2 N–H and O–H groups in total. The van der Waals surface area contributed by atoms with Gasteiger partial charge in [0.05, 0.1) is 5.02 Å². The Labute approximate surface area is 121 Å². The van der Waals surface area contributed by atoms with Crippen molar-refractivity contribution in [3.8, 4) is 0 Å². The smallest absolute Gasteiger partial charge is 0.142 e. The summed E-state index contributed by atoms with van der Waals surface area (Å²) in [7, 11) is 0. The largest absolute Gasteiger partial charge is 0.324 e. The number of hydrogen-bond acceptors (Lipinski definition) is 2. The third-order valence-corrected chi connectivity index (χ3v) is 4.49. The molecule has 0 spiro atoms. The van der Waals surface area contributed by atoms with Crippen LogP contribution in [0.15, 0.2) is 28.1 Å². The molecule has 0 aliphatic rings. The van der Waals surface area contributed by atoms with Gasteiger partial charge in [0, 0.05) is 32.8 Å². The fraction of sp³-hybridized carbons (Fsp3) is 0.167. The molecule has 0 aliphatic heterocycles. The Balaban J connectivity index is 2.23. The van der Waals surface area contributed by atoms with E-state index in [-0.39, 0.29) is 10.6 Å². The van der Waals surface area contributed by atoms with E-state index in [1.54, 1.807) is 0 Å². The molecule has 2 aromatic rings. The lowest BCUT2D eigenvalue weighted by atomic mass is 10.0. The van der Waals surface area contributed by atoms with Crippen LogP contribution in [-0.4, -0.2) is 0 Å². The summed E-state index contributed by atoms with van der Waals surface area (Å²) in [5.74, 6) is -1.24.